The van der Waals surface area contributed by atoms with Gasteiger partial charge in [0.05, 0.1) is 0 Å². The fourth-order valence-corrected chi connectivity index (χ4v) is 1.71. The Hall–Kier alpha value is -1.75. The van der Waals surface area contributed by atoms with Gasteiger partial charge in [0.1, 0.15) is 17.1 Å². The van der Waals surface area contributed by atoms with Crippen molar-refractivity contribution < 1.29 is 15.0 Å². The highest BCUT2D eigenvalue weighted by Crippen LogP contribution is 2.27. The fraction of sp³-hybridized carbons (Fsp3) is 0.462. The summed E-state index contributed by atoms with van der Waals surface area (Å²) < 4.78 is 0. The molecule has 0 bridgehead atoms. The van der Waals surface area contributed by atoms with Crippen molar-refractivity contribution in [3.8, 4) is 11.5 Å². The van der Waals surface area contributed by atoms with Crippen LogP contribution < -0.4 is 5.73 Å². The summed E-state index contributed by atoms with van der Waals surface area (Å²) in [5.41, 5.74) is 5.48. The van der Waals surface area contributed by atoms with Crippen LogP contribution in [-0.4, -0.2) is 40.7 Å². The van der Waals surface area contributed by atoms with Gasteiger partial charge in [-0.05, 0) is 31.5 Å². The van der Waals surface area contributed by atoms with Crippen LogP contribution in [0.1, 0.15) is 24.2 Å². The number of phenolic OH excluding ortho intramolecular Hbond substituents is 2. The van der Waals surface area contributed by atoms with Crippen molar-refractivity contribution in [1.29, 1.82) is 0 Å². The first-order valence-corrected chi connectivity index (χ1v) is 6.01. The molecule has 1 aromatic carbocycles. The number of nitrogens with zero attached hydrogens (tertiary/aromatic N) is 1. The molecule has 0 aliphatic carbocycles. The second kappa shape index (κ2) is 6.26. The fourth-order valence-electron chi connectivity index (χ4n) is 1.71. The number of phenols is 2. The Morgan fingerprint density at radius 1 is 1.39 bits per heavy atom. The van der Waals surface area contributed by atoms with Crippen LogP contribution in [0.15, 0.2) is 18.2 Å². The molecule has 1 rings (SSSR count). The van der Waals surface area contributed by atoms with E-state index < -0.39 is 0 Å². The zero-order valence-corrected chi connectivity index (χ0v) is 10.8. The zero-order chi connectivity index (χ0) is 13.7. The molecule has 0 aliphatic heterocycles. The molecule has 4 N–H and O–H groups in total. The molecule has 0 heterocycles. The molecule has 0 radical (unpaired) electrons. The van der Waals surface area contributed by atoms with Gasteiger partial charge < -0.3 is 20.8 Å². The highest BCUT2D eigenvalue weighted by molar-refractivity contribution is 5.99. The Bertz CT molecular complexity index is 400. The van der Waals surface area contributed by atoms with Gasteiger partial charge in [-0.1, -0.05) is 13.0 Å². The van der Waals surface area contributed by atoms with Crippen LogP contribution in [0.25, 0.3) is 0 Å². The first-order valence-electron chi connectivity index (χ1n) is 6.01. The van der Waals surface area contributed by atoms with Crippen LogP contribution in [0.3, 0.4) is 0 Å². The number of carbonyl (C=O) groups excluding carboxylic acids is 1. The molecule has 1 atom stereocenters. The van der Waals surface area contributed by atoms with Crippen molar-refractivity contribution in [3.05, 3.63) is 23.8 Å². The molecular weight excluding hydrogens is 232 g/mol. The predicted octanol–water partition coefficient (Wildman–Crippen LogP) is 1.15. The first kappa shape index (κ1) is 14.3. The first-order chi connectivity index (χ1) is 8.51. The van der Waals surface area contributed by atoms with Gasteiger partial charge in [-0.25, -0.2) is 0 Å². The van der Waals surface area contributed by atoms with Gasteiger partial charge >= 0.3 is 0 Å². The molecule has 0 saturated carbocycles. The van der Waals surface area contributed by atoms with Crippen LogP contribution >= 0.6 is 0 Å². The summed E-state index contributed by atoms with van der Waals surface area (Å²) in [6.07, 6.45) is 0. The number of rotatable bonds is 5. The Labute approximate surface area is 107 Å². The third-order valence-electron chi connectivity index (χ3n) is 2.84. The van der Waals surface area contributed by atoms with Crippen LogP contribution in [0.2, 0.25) is 0 Å². The minimum Gasteiger partial charge on any atom is -0.507 e. The van der Waals surface area contributed by atoms with E-state index >= 15 is 0 Å². The maximum atomic E-state index is 12.2. The van der Waals surface area contributed by atoms with Crippen LogP contribution in [0, 0.1) is 5.92 Å². The predicted molar refractivity (Wildman–Crippen MR) is 69.6 cm³/mol. The second-order valence-corrected chi connectivity index (χ2v) is 4.36. The Morgan fingerprint density at radius 2 is 1.94 bits per heavy atom. The zero-order valence-electron chi connectivity index (χ0n) is 10.8. The monoisotopic (exact) mass is 252 g/mol. The third-order valence-corrected chi connectivity index (χ3v) is 2.84. The van der Waals surface area contributed by atoms with Crippen LogP contribution in [0.5, 0.6) is 11.5 Å². The Kier molecular flexibility index (Phi) is 4.97. The second-order valence-electron chi connectivity index (χ2n) is 4.36. The maximum Gasteiger partial charge on any atom is 0.261 e. The van der Waals surface area contributed by atoms with E-state index in [0.29, 0.717) is 19.6 Å². The lowest BCUT2D eigenvalue weighted by molar-refractivity contribution is 0.0737. The number of amides is 1. The molecular formula is C13H20N2O3. The summed E-state index contributed by atoms with van der Waals surface area (Å²) >= 11 is 0. The van der Waals surface area contributed by atoms with Gasteiger partial charge in [-0.15, -0.1) is 0 Å². The van der Waals surface area contributed by atoms with E-state index in [1.54, 1.807) is 4.90 Å². The highest BCUT2D eigenvalue weighted by Gasteiger charge is 2.22. The summed E-state index contributed by atoms with van der Waals surface area (Å²) in [6.45, 7) is 5.27. The Morgan fingerprint density at radius 3 is 2.39 bits per heavy atom. The number of hydrogen-bond donors (Lipinski definition) is 3. The van der Waals surface area contributed by atoms with E-state index in [2.05, 4.69) is 0 Å². The normalized spacial score (nSPS) is 12.2. The molecule has 100 valence electrons. The lowest BCUT2D eigenvalue weighted by Crippen LogP contribution is -2.36. The van der Waals surface area contributed by atoms with Gasteiger partial charge in [0.15, 0.2) is 0 Å². The van der Waals surface area contributed by atoms with E-state index in [0.717, 1.165) is 0 Å². The number of benzene rings is 1. The molecule has 0 aromatic heterocycles. The van der Waals surface area contributed by atoms with Gasteiger partial charge in [-0.2, -0.15) is 0 Å². The summed E-state index contributed by atoms with van der Waals surface area (Å²) in [5, 5.41) is 19.3. The highest BCUT2D eigenvalue weighted by atomic mass is 16.3. The molecule has 1 amide bonds. The van der Waals surface area contributed by atoms with Crippen molar-refractivity contribution in [3.63, 3.8) is 0 Å². The van der Waals surface area contributed by atoms with Gasteiger partial charge in [-0.3, -0.25) is 4.79 Å². The summed E-state index contributed by atoms with van der Waals surface area (Å²) in [5.74, 6) is -0.631. The van der Waals surface area contributed by atoms with Crippen molar-refractivity contribution in [2.24, 2.45) is 11.7 Å². The SMILES string of the molecule is CCN(CC(C)CN)C(=O)c1c(O)cccc1O. The number of aromatic hydroxyl groups is 2. The smallest absolute Gasteiger partial charge is 0.261 e. The van der Waals surface area contributed by atoms with Crippen molar-refractivity contribution in [2.75, 3.05) is 19.6 Å². The summed E-state index contributed by atoms with van der Waals surface area (Å²) in [4.78, 5) is 13.8. The molecule has 0 saturated heterocycles. The molecule has 5 nitrogen and oxygen atoms in total. The van der Waals surface area contributed by atoms with Crippen molar-refractivity contribution in [1.82, 2.24) is 4.90 Å². The third kappa shape index (κ3) is 3.13. The number of hydrogen-bond acceptors (Lipinski definition) is 4. The van der Waals surface area contributed by atoms with Gasteiger partial charge in [0, 0.05) is 13.1 Å². The quantitative estimate of drug-likeness (QED) is 0.733. The van der Waals surface area contributed by atoms with E-state index in [4.69, 9.17) is 5.73 Å². The molecule has 1 unspecified atom stereocenters. The molecule has 0 aliphatic rings. The topological polar surface area (TPSA) is 86.8 Å². The average molecular weight is 252 g/mol. The molecule has 18 heavy (non-hydrogen) atoms. The number of nitrogens with two attached hydrogens (primary N) is 1. The average Bonchev–Trinajstić information content (AvgIpc) is 2.35. The van der Waals surface area contributed by atoms with Crippen molar-refractivity contribution >= 4 is 5.91 Å². The standard InChI is InChI=1S/C13H20N2O3/c1-3-15(8-9(2)7-14)13(18)12-10(16)5-4-6-11(12)17/h4-6,9,16-17H,3,7-8,14H2,1-2H3. The minimum atomic E-state index is -0.381. The largest absolute Gasteiger partial charge is 0.507 e. The van der Waals surface area contributed by atoms with Crippen LogP contribution in [-0.2, 0) is 0 Å². The van der Waals surface area contributed by atoms with Crippen LogP contribution in [0.4, 0.5) is 0 Å². The van der Waals surface area contributed by atoms with Gasteiger partial charge in [0.25, 0.3) is 5.91 Å². The lowest BCUT2D eigenvalue weighted by Gasteiger charge is -2.24. The van der Waals surface area contributed by atoms with E-state index in [9.17, 15) is 15.0 Å². The molecule has 0 fully saturated rings. The van der Waals surface area contributed by atoms with Crippen molar-refractivity contribution in [2.45, 2.75) is 13.8 Å². The maximum absolute atomic E-state index is 12.2. The molecule has 1 aromatic rings. The Balaban J connectivity index is 2.97. The van der Waals surface area contributed by atoms with E-state index in [1.807, 2.05) is 13.8 Å². The summed E-state index contributed by atoms with van der Waals surface area (Å²) in [7, 11) is 0. The van der Waals surface area contributed by atoms with E-state index in [-0.39, 0.29) is 28.9 Å². The molecule has 5 heteroatoms. The summed E-state index contributed by atoms with van der Waals surface area (Å²) in [6, 6.07) is 4.25. The minimum absolute atomic E-state index is 0.0522. The number of carbonyl (C=O) groups is 1. The van der Waals surface area contributed by atoms with E-state index in [1.165, 1.54) is 18.2 Å². The van der Waals surface area contributed by atoms with Gasteiger partial charge in [0.2, 0.25) is 0 Å². The molecule has 0 spiro atoms. The lowest BCUT2D eigenvalue weighted by atomic mass is 10.1.